The molecule has 0 aromatic heterocycles. The molecule has 1 saturated heterocycles. The predicted molar refractivity (Wildman–Crippen MR) is 73.1 cm³/mol. The summed E-state index contributed by atoms with van der Waals surface area (Å²) < 4.78 is 22.1. The fourth-order valence-corrected chi connectivity index (χ4v) is 5.65. The first-order chi connectivity index (χ1) is 7.44. The molecule has 0 radical (unpaired) electrons. The molecule has 0 aliphatic carbocycles. The van der Waals surface area contributed by atoms with Crippen molar-refractivity contribution in [1.29, 1.82) is 0 Å². The molecule has 0 saturated carbocycles. The first kappa shape index (κ1) is 14.7. The van der Waals surface area contributed by atoms with Crippen LogP contribution in [0.15, 0.2) is 0 Å². The van der Waals surface area contributed by atoms with Crippen LogP contribution in [0, 0.1) is 0 Å². The van der Waals surface area contributed by atoms with Gasteiger partial charge in [0.15, 0.2) is 0 Å². The van der Waals surface area contributed by atoms with E-state index in [1.807, 2.05) is 11.8 Å². The standard InChI is InChI=1S/C10H20O3S3/c1-3-9-10(15-6-5-14-9)8(11)4-7-16(2,12)13/h8-11H,3-7H2,1-2H3. The summed E-state index contributed by atoms with van der Waals surface area (Å²) in [5, 5.41) is 10.7. The van der Waals surface area contributed by atoms with Gasteiger partial charge in [-0.25, -0.2) is 8.42 Å². The lowest BCUT2D eigenvalue weighted by atomic mass is 10.1. The lowest BCUT2D eigenvalue weighted by Crippen LogP contribution is -2.37. The van der Waals surface area contributed by atoms with Crippen LogP contribution in [0.5, 0.6) is 0 Å². The largest absolute Gasteiger partial charge is 0.392 e. The van der Waals surface area contributed by atoms with Crippen LogP contribution in [0.4, 0.5) is 0 Å². The fraction of sp³-hybridized carbons (Fsp3) is 1.00. The molecule has 0 bridgehead atoms. The molecule has 1 heterocycles. The molecule has 1 aliphatic heterocycles. The highest BCUT2D eigenvalue weighted by Gasteiger charge is 2.31. The lowest BCUT2D eigenvalue weighted by molar-refractivity contribution is 0.165. The van der Waals surface area contributed by atoms with E-state index in [1.54, 1.807) is 11.8 Å². The van der Waals surface area contributed by atoms with Gasteiger partial charge < -0.3 is 5.11 Å². The first-order valence-electron chi connectivity index (χ1n) is 5.53. The van der Waals surface area contributed by atoms with E-state index in [9.17, 15) is 13.5 Å². The fourth-order valence-electron chi connectivity index (χ4n) is 1.79. The van der Waals surface area contributed by atoms with Crippen molar-refractivity contribution in [2.45, 2.75) is 36.4 Å². The second-order valence-electron chi connectivity index (χ2n) is 4.14. The Balaban J connectivity index is 2.47. The van der Waals surface area contributed by atoms with E-state index in [-0.39, 0.29) is 11.0 Å². The zero-order valence-corrected chi connectivity index (χ0v) is 12.2. The van der Waals surface area contributed by atoms with Crippen LogP contribution in [0.1, 0.15) is 19.8 Å². The quantitative estimate of drug-likeness (QED) is 0.827. The Morgan fingerprint density at radius 3 is 2.56 bits per heavy atom. The maximum absolute atomic E-state index is 11.0. The highest BCUT2D eigenvalue weighted by molar-refractivity contribution is 8.07. The summed E-state index contributed by atoms with van der Waals surface area (Å²) in [6.45, 7) is 2.12. The van der Waals surface area contributed by atoms with Crippen LogP contribution in [0.3, 0.4) is 0 Å². The van der Waals surface area contributed by atoms with Crippen LogP contribution < -0.4 is 0 Å². The second-order valence-corrected chi connectivity index (χ2v) is 9.03. The minimum Gasteiger partial charge on any atom is -0.392 e. The van der Waals surface area contributed by atoms with Crippen molar-refractivity contribution in [2.75, 3.05) is 23.5 Å². The van der Waals surface area contributed by atoms with Crippen LogP contribution in [-0.4, -0.2) is 53.6 Å². The van der Waals surface area contributed by atoms with Gasteiger partial charge in [0.25, 0.3) is 0 Å². The van der Waals surface area contributed by atoms with E-state index in [0.29, 0.717) is 11.7 Å². The minimum absolute atomic E-state index is 0.0896. The molecule has 0 spiro atoms. The normalized spacial score (nSPS) is 28.9. The van der Waals surface area contributed by atoms with Crippen molar-refractivity contribution in [3.05, 3.63) is 0 Å². The van der Waals surface area contributed by atoms with Crippen molar-refractivity contribution in [3.8, 4) is 0 Å². The smallest absolute Gasteiger partial charge is 0.147 e. The Morgan fingerprint density at radius 1 is 1.38 bits per heavy atom. The van der Waals surface area contributed by atoms with Gasteiger partial charge in [0.05, 0.1) is 11.9 Å². The molecule has 1 N–H and O–H groups in total. The third kappa shape index (κ3) is 4.85. The highest BCUT2D eigenvalue weighted by atomic mass is 32.2. The van der Waals surface area contributed by atoms with Gasteiger partial charge in [-0.2, -0.15) is 23.5 Å². The molecular formula is C10H20O3S3. The zero-order valence-electron chi connectivity index (χ0n) is 9.76. The molecule has 1 fully saturated rings. The second kappa shape index (κ2) is 6.52. The molecule has 0 aromatic rings. The lowest BCUT2D eigenvalue weighted by Gasteiger charge is -2.33. The number of hydrogen-bond acceptors (Lipinski definition) is 5. The summed E-state index contributed by atoms with van der Waals surface area (Å²) in [6.07, 6.45) is 2.14. The molecule has 16 heavy (non-hydrogen) atoms. The zero-order chi connectivity index (χ0) is 12.2. The van der Waals surface area contributed by atoms with Gasteiger partial charge >= 0.3 is 0 Å². The van der Waals surface area contributed by atoms with Gasteiger partial charge in [-0.15, -0.1) is 0 Å². The molecular weight excluding hydrogens is 264 g/mol. The summed E-state index contributed by atoms with van der Waals surface area (Å²) in [5.41, 5.74) is 0. The SMILES string of the molecule is CCC1SCCSC1C(O)CCS(C)(=O)=O. The summed E-state index contributed by atoms with van der Waals surface area (Å²) in [6, 6.07) is 0. The van der Waals surface area contributed by atoms with E-state index in [0.717, 1.165) is 17.9 Å². The van der Waals surface area contributed by atoms with Crippen LogP contribution in [0.25, 0.3) is 0 Å². The Bertz CT molecular complexity index is 302. The van der Waals surface area contributed by atoms with E-state index >= 15 is 0 Å². The molecule has 0 aromatic carbocycles. The summed E-state index contributed by atoms with van der Waals surface area (Å²) in [5.74, 6) is 2.28. The van der Waals surface area contributed by atoms with Crippen molar-refractivity contribution in [3.63, 3.8) is 0 Å². The average Bonchev–Trinajstić information content (AvgIpc) is 2.25. The van der Waals surface area contributed by atoms with Crippen LogP contribution in [0.2, 0.25) is 0 Å². The van der Waals surface area contributed by atoms with Gasteiger partial charge in [0.2, 0.25) is 0 Å². The highest BCUT2D eigenvalue weighted by Crippen LogP contribution is 2.35. The maximum Gasteiger partial charge on any atom is 0.147 e. The molecule has 3 nitrogen and oxygen atoms in total. The van der Waals surface area contributed by atoms with Gasteiger partial charge in [0.1, 0.15) is 9.84 Å². The number of hydrogen-bond donors (Lipinski definition) is 1. The first-order valence-corrected chi connectivity index (χ1v) is 9.69. The van der Waals surface area contributed by atoms with E-state index < -0.39 is 15.9 Å². The van der Waals surface area contributed by atoms with Gasteiger partial charge in [0, 0.05) is 28.3 Å². The van der Waals surface area contributed by atoms with Gasteiger partial charge in [-0.3, -0.25) is 0 Å². The Kier molecular flexibility index (Phi) is 5.98. The van der Waals surface area contributed by atoms with Crippen molar-refractivity contribution < 1.29 is 13.5 Å². The van der Waals surface area contributed by atoms with Crippen molar-refractivity contribution in [1.82, 2.24) is 0 Å². The van der Waals surface area contributed by atoms with E-state index in [1.165, 1.54) is 6.26 Å². The maximum atomic E-state index is 11.0. The third-order valence-electron chi connectivity index (χ3n) is 2.66. The summed E-state index contributed by atoms with van der Waals surface area (Å²) in [4.78, 5) is 0. The predicted octanol–water partition coefficient (Wildman–Crippen LogP) is 1.41. The molecule has 3 unspecified atom stereocenters. The number of thioether (sulfide) groups is 2. The molecule has 3 atom stereocenters. The van der Waals surface area contributed by atoms with Crippen molar-refractivity contribution in [2.24, 2.45) is 0 Å². The molecule has 1 rings (SSSR count). The Labute approximate surface area is 107 Å². The van der Waals surface area contributed by atoms with Gasteiger partial charge in [-0.1, -0.05) is 6.92 Å². The van der Waals surface area contributed by atoms with Crippen molar-refractivity contribution >= 4 is 33.4 Å². The molecule has 1 aliphatic rings. The number of aliphatic hydroxyl groups is 1. The van der Waals surface area contributed by atoms with E-state index in [4.69, 9.17) is 0 Å². The summed E-state index contributed by atoms with van der Waals surface area (Å²) in [7, 11) is -2.96. The average molecular weight is 284 g/mol. The molecule has 6 heteroatoms. The third-order valence-corrected chi connectivity index (χ3v) is 7.03. The van der Waals surface area contributed by atoms with Crippen LogP contribution >= 0.6 is 23.5 Å². The van der Waals surface area contributed by atoms with Crippen LogP contribution in [-0.2, 0) is 9.84 Å². The topological polar surface area (TPSA) is 54.4 Å². The van der Waals surface area contributed by atoms with Gasteiger partial charge in [-0.05, 0) is 12.8 Å². The minimum atomic E-state index is -2.96. The number of rotatable bonds is 5. The molecule has 0 amide bonds. The monoisotopic (exact) mass is 284 g/mol. The Morgan fingerprint density at radius 2 is 2.00 bits per heavy atom. The number of sulfone groups is 1. The number of aliphatic hydroxyl groups excluding tert-OH is 1. The molecule has 96 valence electrons. The Hall–Kier alpha value is 0.610. The summed E-state index contributed by atoms with van der Waals surface area (Å²) >= 11 is 3.69. The van der Waals surface area contributed by atoms with E-state index in [2.05, 4.69) is 6.92 Å².